The number of methoxy groups -OCH3 is 2. The summed E-state index contributed by atoms with van der Waals surface area (Å²) in [6.45, 7) is 5.03. The topological polar surface area (TPSA) is 76.6 Å². The van der Waals surface area contributed by atoms with Gasteiger partial charge >= 0.3 is 0 Å². The van der Waals surface area contributed by atoms with Crippen LogP contribution in [0, 0.1) is 0 Å². The first-order chi connectivity index (χ1) is 14.7. The van der Waals surface area contributed by atoms with Crippen molar-refractivity contribution in [3.05, 3.63) is 18.2 Å². The summed E-state index contributed by atoms with van der Waals surface area (Å²) in [5.74, 6) is 2.45. The largest absolute Gasteiger partial charge is 0.497 e. The Balaban J connectivity index is 1.37. The van der Waals surface area contributed by atoms with Crippen molar-refractivity contribution in [1.29, 1.82) is 0 Å². The highest BCUT2D eigenvalue weighted by Gasteiger charge is 2.24. The highest BCUT2D eigenvalue weighted by molar-refractivity contribution is 5.80. The first-order valence-corrected chi connectivity index (χ1v) is 10.9. The van der Waals surface area contributed by atoms with Gasteiger partial charge in [0.15, 0.2) is 5.96 Å². The third-order valence-corrected chi connectivity index (χ3v) is 5.54. The lowest BCUT2D eigenvalue weighted by Crippen LogP contribution is -2.45. The molecule has 0 amide bonds. The molecule has 30 heavy (non-hydrogen) atoms. The van der Waals surface area contributed by atoms with Gasteiger partial charge in [0, 0.05) is 69.8 Å². The zero-order valence-electron chi connectivity index (χ0n) is 18.5. The lowest BCUT2D eigenvalue weighted by Gasteiger charge is -2.21. The number of anilines is 1. The van der Waals surface area contributed by atoms with Crippen molar-refractivity contribution < 1.29 is 18.9 Å². The molecule has 0 aliphatic carbocycles. The highest BCUT2D eigenvalue weighted by Crippen LogP contribution is 2.30. The average Bonchev–Trinajstić information content (AvgIpc) is 3.47. The fourth-order valence-corrected chi connectivity index (χ4v) is 3.85. The van der Waals surface area contributed by atoms with Gasteiger partial charge in [-0.25, -0.2) is 0 Å². The highest BCUT2D eigenvalue weighted by atomic mass is 16.5. The van der Waals surface area contributed by atoms with Crippen molar-refractivity contribution in [1.82, 2.24) is 10.6 Å². The molecule has 3 rings (SSSR count). The smallest absolute Gasteiger partial charge is 0.191 e. The van der Waals surface area contributed by atoms with Gasteiger partial charge in [0.25, 0.3) is 0 Å². The minimum Gasteiger partial charge on any atom is -0.497 e. The van der Waals surface area contributed by atoms with Gasteiger partial charge in [-0.2, -0.15) is 0 Å². The molecule has 2 heterocycles. The quantitative estimate of drug-likeness (QED) is 0.341. The predicted molar refractivity (Wildman–Crippen MR) is 119 cm³/mol. The molecular formula is C22H36N4O4. The molecule has 1 aromatic carbocycles. The molecule has 2 fully saturated rings. The Kier molecular flexibility index (Phi) is 8.89. The predicted octanol–water partition coefficient (Wildman–Crippen LogP) is 2.03. The standard InChI is InChI=1S/C22H36N4O4/c1-23-22(24-8-5-10-29-16-19-6-4-11-30-19)25-17-7-9-26(15-17)18-12-20(27-2)14-21(13-18)28-3/h12-14,17,19H,4-11,15-16H2,1-3H3,(H2,23,24,25). The summed E-state index contributed by atoms with van der Waals surface area (Å²) in [5, 5.41) is 6.92. The van der Waals surface area contributed by atoms with Crippen molar-refractivity contribution in [3.8, 4) is 11.5 Å². The van der Waals surface area contributed by atoms with Crippen LogP contribution in [0.4, 0.5) is 5.69 Å². The Morgan fingerprint density at radius 3 is 2.67 bits per heavy atom. The first-order valence-electron chi connectivity index (χ1n) is 10.9. The summed E-state index contributed by atoms with van der Waals surface area (Å²) in [6, 6.07) is 6.33. The normalized spacial score (nSPS) is 21.7. The number of rotatable bonds is 10. The van der Waals surface area contributed by atoms with Gasteiger partial charge in [0.1, 0.15) is 11.5 Å². The molecule has 2 atom stereocenters. The van der Waals surface area contributed by atoms with Crippen LogP contribution >= 0.6 is 0 Å². The number of aliphatic imine (C=N–C) groups is 1. The van der Waals surface area contributed by atoms with Crippen LogP contribution in [0.3, 0.4) is 0 Å². The maximum Gasteiger partial charge on any atom is 0.191 e. The fourth-order valence-electron chi connectivity index (χ4n) is 3.85. The molecule has 0 bridgehead atoms. The Morgan fingerprint density at radius 2 is 2.00 bits per heavy atom. The van der Waals surface area contributed by atoms with E-state index in [1.807, 2.05) is 13.1 Å². The van der Waals surface area contributed by atoms with E-state index in [9.17, 15) is 0 Å². The molecule has 168 valence electrons. The summed E-state index contributed by atoms with van der Waals surface area (Å²) in [4.78, 5) is 6.70. The second kappa shape index (κ2) is 11.9. The van der Waals surface area contributed by atoms with Gasteiger partial charge in [-0.3, -0.25) is 4.99 Å². The molecule has 1 aromatic rings. The number of nitrogens with zero attached hydrogens (tertiary/aromatic N) is 2. The number of ether oxygens (including phenoxy) is 4. The van der Waals surface area contributed by atoms with E-state index in [0.29, 0.717) is 18.8 Å². The van der Waals surface area contributed by atoms with E-state index >= 15 is 0 Å². The van der Waals surface area contributed by atoms with Crippen LogP contribution in [0.15, 0.2) is 23.2 Å². The average molecular weight is 421 g/mol. The summed E-state index contributed by atoms with van der Waals surface area (Å²) in [5.41, 5.74) is 1.11. The van der Waals surface area contributed by atoms with Gasteiger partial charge in [-0.15, -0.1) is 0 Å². The summed E-state index contributed by atoms with van der Waals surface area (Å²) >= 11 is 0. The van der Waals surface area contributed by atoms with Crippen LogP contribution in [0.2, 0.25) is 0 Å². The summed E-state index contributed by atoms with van der Waals surface area (Å²) in [7, 11) is 5.16. The van der Waals surface area contributed by atoms with Crippen molar-refractivity contribution in [3.63, 3.8) is 0 Å². The molecule has 8 heteroatoms. The third-order valence-electron chi connectivity index (χ3n) is 5.54. The number of guanidine groups is 1. The molecular weight excluding hydrogens is 384 g/mol. The van der Waals surface area contributed by atoms with Gasteiger partial charge in [-0.05, 0) is 25.7 Å². The van der Waals surface area contributed by atoms with E-state index in [-0.39, 0.29) is 0 Å². The van der Waals surface area contributed by atoms with E-state index in [1.54, 1.807) is 14.2 Å². The van der Waals surface area contributed by atoms with E-state index in [2.05, 4.69) is 32.7 Å². The van der Waals surface area contributed by atoms with Crippen LogP contribution in [-0.4, -0.2) is 78.8 Å². The van der Waals surface area contributed by atoms with Crippen LogP contribution in [-0.2, 0) is 9.47 Å². The van der Waals surface area contributed by atoms with Gasteiger partial charge < -0.3 is 34.5 Å². The lowest BCUT2D eigenvalue weighted by atomic mass is 10.2. The van der Waals surface area contributed by atoms with E-state index in [0.717, 1.165) is 81.7 Å². The molecule has 2 aliphatic rings. The van der Waals surface area contributed by atoms with Gasteiger partial charge in [-0.1, -0.05) is 0 Å². The van der Waals surface area contributed by atoms with Crippen LogP contribution in [0.25, 0.3) is 0 Å². The van der Waals surface area contributed by atoms with Crippen molar-refractivity contribution in [2.24, 2.45) is 4.99 Å². The molecule has 8 nitrogen and oxygen atoms in total. The molecule has 2 saturated heterocycles. The molecule has 0 radical (unpaired) electrons. The SMILES string of the molecule is CN=C(NCCCOCC1CCCO1)NC1CCN(c2cc(OC)cc(OC)c2)C1. The maximum atomic E-state index is 5.71. The molecule has 0 aromatic heterocycles. The second-order valence-corrected chi connectivity index (χ2v) is 7.71. The minimum atomic E-state index is 0.294. The van der Waals surface area contributed by atoms with Crippen LogP contribution < -0.4 is 25.0 Å². The first kappa shape index (κ1) is 22.5. The zero-order valence-corrected chi connectivity index (χ0v) is 18.5. The second-order valence-electron chi connectivity index (χ2n) is 7.71. The van der Waals surface area contributed by atoms with E-state index in [1.165, 1.54) is 0 Å². The van der Waals surface area contributed by atoms with Crippen molar-refractivity contribution in [2.75, 3.05) is 65.6 Å². The number of hydrogen-bond donors (Lipinski definition) is 2. The Labute approximate surface area is 179 Å². The molecule has 0 saturated carbocycles. The number of hydrogen-bond acceptors (Lipinski definition) is 6. The van der Waals surface area contributed by atoms with E-state index < -0.39 is 0 Å². The molecule has 2 N–H and O–H groups in total. The minimum absolute atomic E-state index is 0.294. The summed E-state index contributed by atoms with van der Waals surface area (Å²) in [6.07, 6.45) is 4.55. The lowest BCUT2D eigenvalue weighted by molar-refractivity contribution is 0.0168. The fraction of sp³-hybridized carbons (Fsp3) is 0.682. The van der Waals surface area contributed by atoms with E-state index in [4.69, 9.17) is 18.9 Å². The van der Waals surface area contributed by atoms with Crippen LogP contribution in [0.5, 0.6) is 11.5 Å². The van der Waals surface area contributed by atoms with Crippen molar-refractivity contribution in [2.45, 2.75) is 37.8 Å². The zero-order chi connectivity index (χ0) is 21.2. The van der Waals surface area contributed by atoms with Crippen LogP contribution in [0.1, 0.15) is 25.7 Å². The third kappa shape index (κ3) is 6.67. The number of nitrogens with one attached hydrogen (secondary N) is 2. The molecule has 2 unspecified atom stereocenters. The Bertz CT molecular complexity index is 657. The Hall–Kier alpha value is -2.19. The Morgan fingerprint density at radius 1 is 1.20 bits per heavy atom. The van der Waals surface area contributed by atoms with Crippen molar-refractivity contribution >= 4 is 11.6 Å². The van der Waals surface area contributed by atoms with Gasteiger partial charge in [0.05, 0.1) is 26.9 Å². The monoisotopic (exact) mass is 420 g/mol. The number of benzene rings is 1. The summed E-state index contributed by atoms with van der Waals surface area (Å²) < 4.78 is 22.1. The molecule has 2 aliphatic heterocycles. The molecule has 0 spiro atoms. The van der Waals surface area contributed by atoms with Gasteiger partial charge in [0.2, 0.25) is 0 Å². The maximum absolute atomic E-state index is 5.71.